The van der Waals surface area contributed by atoms with Crippen molar-refractivity contribution in [2.75, 3.05) is 11.9 Å². The van der Waals surface area contributed by atoms with Gasteiger partial charge in [-0.05, 0) is 24.6 Å². The number of hydrogen-bond acceptors (Lipinski definition) is 3. The van der Waals surface area contributed by atoms with E-state index in [1.807, 2.05) is 0 Å². The minimum absolute atomic E-state index is 0.0184. The lowest BCUT2D eigenvalue weighted by molar-refractivity contribution is 0.159. The van der Waals surface area contributed by atoms with Crippen molar-refractivity contribution in [3.8, 4) is 5.75 Å². The second-order valence-corrected chi connectivity index (χ2v) is 4.39. The van der Waals surface area contributed by atoms with E-state index in [0.29, 0.717) is 12.3 Å². The summed E-state index contributed by atoms with van der Waals surface area (Å²) < 4.78 is 5.01. The standard InChI is InChI=1S/C13H18ClNO3/c1-2-3-4-5-8-18-13(17)15-10-6-7-12(16)11(14)9-10/h6-7,9,16H,2-5,8H2,1H3,(H,15,17). The lowest BCUT2D eigenvalue weighted by atomic mass is 10.2. The minimum Gasteiger partial charge on any atom is -0.506 e. The van der Waals surface area contributed by atoms with E-state index in [0.717, 1.165) is 25.7 Å². The molecule has 0 saturated carbocycles. The quantitative estimate of drug-likeness (QED) is 0.603. The number of phenols is 1. The van der Waals surface area contributed by atoms with Crippen LogP contribution in [0.5, 0.6) is 5.75 Å². The maximum absolute atomic E-state index is 11.4. The first-order valence-electron chi connectivity index (χ1n) is 6.05. The number of anilines is 1. The summed E-state index contributed by atoms with van der Waals surface area (Å²) in [5.74, 6) is -0.0184. The van der Waals surface area contributed by atoms with Gasteiger partial charge in [-0.25, -0.2) is 4.79 Å². The lowest BCUT2D eigenvalue weighted by Gasteiger charge is -2.07. The van der Waals surface area contributed by atoms with Gasteiger partial charge in [-0.2, -0.15) is 0 Å². The molecule has 5 heteroatoms. The summed E-state index contributed by atoms with van der Waals surface area (Å²) in [5, 5.41) is 12.0. The van der Waals surface area contributed by atoms with E-state index in [-0.39, 0.29) is 10.8 Å². The smallest absolute Gasteiger partial charge is 0.411 e. The molecule has 0 unspecified atom stereocenters. The molecule has 1 amide bonds. The highest BCUT2D eigenvalue weighted by Crippen LogP contribution is 2.26. The SMILES string of the molecule is CCCCCCOC(=O)Nc1ccc(O)c(Cl)c1. The van der Waals surface area contributed by atoms with Gasteiger partial charge in [0.15, 0.2) is 0 Å². The fraction of sp³-hybridized carbons (Fsp3) is 0.462. The van der Waals surface area contributed by atoms with Crippen molar-refractivity contribution in [2.24, 2.45) is 0 Å². The zero-order valence-corrected chi connectivity index (χ0v) is 11.2. The van der Waals surface area contributed by atoms with E-state index >= 15 is 0 Å². The summed E-state index contributed by atoms with van der Waals surface area (Å²) in [4.78, 5) is 11.4. The largest absolute Gasteiger partial charge is 0.506 e. The number of halogens is 1. The van der Waals surface area contributed by atoms with Crippen molar-refractivity contribution < 1.29 is 14.6 Å². The summed E-state index contributed by atoms with van der Waals surface area (Å²) in [7, 11) is 0. The predicted octanol–water partition coefficient (Wildman–Crippen LogP) is 4.17. The first-order valence-corrected chi connectivity index (χ1v) is 6.43. The Bertz CT molecular complexity index is 396. The van der Waals surface area contributed by atoms with Crippen LogP contribution in [0.3, 0.4) is 0 Å². The van der Waals surface area contributed by atoms with Gasteiger partial charge >= 0.3 is 6.09 Å². The summed E-state index contributed by atoms with van der Waals surface area (Å²) in [6.07, 6.45) is 3.73. The third kappa shape index (κ3) is 5.27. The molecule has 0 bridgehead atoms. The van der Waals surface area contributed by atoms with Crippen LogP contribution in [-0.2, 0) is 4.74 Å². The first-order chi connectivity index (χ1) is 8.63. The number of unbranched alkanes of at least 4 members (excludes halogenated alkanes) is 3. The average Bonchev–Trinajstić information content (AvgIpc) is 2.34. The number of phenolic OH excluding ortho intramolecular Hbond substituents is 1. The van der Waals surface area contributed by atoms with Crippen LogP contribution in [0.25, 0.3) is 0 Å². The van der Waals surface area contributed by atoms with E-state index in [2.05, 4.69) is 12.2 Å². The van der Waals surface area contributed by atoms with Crippen LogP contribution in [0.2, 0.25) is 5.02 Å². The number of aromatic hydroxyl groups is 1. The molecule has 1 aromatic rings. The van der Waals surface area contributed by atoms with E-state index in [1.54, 1.807) is 6.07 Å². The van der Waals surface area contributed by atoms with Crippen LogP contribution in [0, 0.1) is 0 Å². The lowest BCUT2D eigenvalue weighted by Crippen LogP contribution is -2.14. The van der Waals surface area contributed by atoms with Crippen LogP contribution >= 0.6 is 11.6 Å². The fourth-order valence-corrected chi connectivity index (χ4v) is 1.61. The van der Waals surface area contributed by atoms with Gasteiger partial charge in [-0.1, -0.05) is 37.8 Å². The third-order valence-corrected chi connectivity index (χ3v) is 2.73. The first kappa shape index (κ1) is 14.6. The summed E-state index contributed by atoms with van der Waals surface area (Å²) in [6, 6.07) is 4.44. The van der Waals surface area contributed by atoms with Gasteiger partial charge in [0.1, 0.15) is 5.75 Å². The van der Waals surface area contributed by atoms with Crippen molar-refractivity contribution in [2.45, 2.75) is 32.6 Å². The second kappa shape index (κ2) is 7.82. The molecule has 0 aliphatic carbocycles. The number of hydrogen-bond donors (Lipinski definition) is 2. The molecule has 4 nitrogen and oxygen atoms in total. The zero-order valence-electron chi connectivity index (χ0n) is 10.4. The second-order valence-electron chi connectivity index (χ2n) is 3.99. The molecule has 1 rings (SSSR count). The van der Waals surface area contributed by atoms with Crippen molar-refractivity contribution in [1.82, 2.24) is 0 Å². The molecule has 0 aliphatic rings. The van der Waals surface area contributed by atoms with Crippen LogP contribution in [0.15, 0.2) is 18.2 Å². The Hall–Kier alpha value is -1.42. The van der Waals surface area contributed by atoms with E-state index in [1.165, 1.54) is 12.1 Å². The van der Waals surface area contributed by atoms with Gasteiger partial charge < -0.3 is 9.84 Å². The van der Waals surface area contributed by atoms with Crippen molar-refractivity contribution in [3.63, 3.8) is 0 Å². The molecular weight excluding hydrogens is 254 g/mol. The number of carbonyl (C=O) groups excluding carboxylic acids is 1. The molecule has 0 aromatic heterocycles. The van der Waals surface area contributed by atoms with Crippen molar-refractivity contribution >= 4 is 23.4 Å². The number of benzene rings is 1. The molecule has 0 aliphatic heterocycles. The fourth-order valence-electron chi connectivity index (χ4n) is 1.43. The molecule has 2 N–H and O–H groups in total. The third-order valence-electron chi connectivity index (χ3n) is 2.43. The predicted molar refractivity (Wildman–Crippen MR) is 72.2 cm³/mol. The molecule has 0 fully saturated rings. The molecule has 0 heterocycles. The number of rotatable bonds is 6. The Morgan fingerprint density at radius 1 is 1.39 bits per heavy atom. The number of carbonyl (C=O) groups is 1. The van der Waals surface area contributed by atoms with Crippen LogP contribution < -0.4 is 5.32 Å². The van der Waals surface area contributed by atoms with Crippen LogP contribution in [0.1, 0.15) is 32.6 Å². The van der Waals surface area contributed by atoms with Crippen molar-refractivity contribution in [1.29, 1.82) is 0 Å². The Labute approximate surface area is 112 Å². The molecule has 0 radical (unpaired) electrons. The normalized spacial score (nSPS) is 10.1. The van der Waals surface area contributed by atoms with E-state index in [9.17, 15) is 9.90 Å². The van der Waals surface area contributed by atoms with Gasteiger partial charge in [0, 0.05) is 5.69 Å². The molecule has 1 aromatic carbocycles. The summed E-state index contributed by atoms with van der Waals surface area (Å²) in [6.45, 7) is 2.54. The highest BCUT2D eigenvalue weighted by molar-refractivity contribution is 6.32. The Morgan fingerprint density at radius 3 is 2.83 bits per heavy atom. The molecule has 18 heavy (non-hydrogen) atoms. The van der Waals surface area contributed by atoms with Gasteiger partial charge in [-0.15, -0.1) is 0 Å². The van der Waals surface area contributed by atoms with Gasteiger partial charge in [-0.3, -0.25) is 5.32 Å². The molecule has 0 atom stereocenters. The maximum Gasteiger partial charge on any atom is 0.411 e. The number of amides is 1. The van der Waals surface area contributed by atoms with Crippen LogP contribution in [-0.4, -0.2) is 17.8 Å². The Morgan fingerprint density at radius 2 is 2.17 bits per heavy atom. The highest BCUT2D eigenvalue weighted by Gasteiger charge is 2.05. The number of ether oxygens (including phenoxy) is 1. The maximum atomic E-state index is 11.4. The van der Waals surface area contributed by atoms with Crippen LogP contribution in [0.4, 0.5) is 10.5 Å². The van der Waals surface area contributed by atoms with Gasteiger partial charge in [0.25, 0.3) is 0 Å². The summed E-state index contributed by atoms with van der Waals surface area (Å²) in [5.41, 5.74) is 0.497. The average molecular weight is 272 g/mol. The summed E-state index contributed by atoms with van der Waals surface area (Å²) >= 11 is 5.72. The minimum atomic E-state index is -0.506. The highest BCUT2D eigenvalue weighted by atomic mass is 35.5. The van der Waals surface area contributed by atoms with Crippen molar-refractivity contribution in [3.05, 3.63) is 23.2 Å². The monoisotopic (exact) mass is 271 g/mol. The number of nitrogens with one attached hydrogen (secondary N) is 1. The molecular formula is C13H18ClNO3. The van der Waals surface area contributed by atoms with Gasteiger partial charge in [0.2, 0.25) is 0 Å². The van der Waals surface area contributed by atoms with E-state index < -0.39 is 6.09 Å². The topological polar surface area (TPSA) is 58.6 Å². The molecule has 100 valence electrons. The molecule has 0 saturated heterocycles. The van der Waals surface area contributed by atoms with Gasteiger partial charge in [0.05, 0.1) is 11.6 Å². The Kier molecular flexibility index (Phi) is 6.36. The molecule has 0 spiro atoms. The zero-order chi connectivity index (χ0) is 13.4. The van der Waals surface area contributed by atoms with E-state index in [4.69, 9.17) is 16.3 Å². The Balaban J connectivity index is 2.29.